The van der Waals surface area contributed by atoms with Crippen LogP contribution in [0.15, 0.2) is 48.5 Å². The molecule has 0 spiro atoms. The van der Waals surface area contributed by atoms with Gasteiger partial charge in [-0.2, -0.15) is 0 Å². The third-order valence-corrected chi connectivity index (χ3v) is 7.92. The predicted molar refractivity (Wildman–Crippen MR) is 124 cm³/mol. The van der Waals surface area contributed by atoms with Crippen molar-refractivity contribution in [3.63, 3.8) is 0 Å². The SMILES string of the molecule is COc1ccc(N2C(=O)C3c4[nH]c5ccccc5c4C4CCCCCCC4C3C2=O)cc1. The number of fused-ring (bicyclic) bond motifs is 8. The highest BCUT2D eigenvalue weighted by Gasteiger charge is 2.58. The minimum Gasteiger partial charge on any atom is -0.497 e. The molecule has 1 aliphatic heterocycles. The number of carbonyl (C=O) groups excluding carboxylic acids is 2. The second kappa shape index (κ2) is 7.51. The van der Waals surface area contributed by atoms with Gasteiger partial charge in [0.1, 0.15) is 5.75 Å². The van der Waals surface area contributed by atoms with Crippen LogP contribution >= 0.6 is 0 Å². The normalized spacial score (nSPS) is 27.5. The van der Waals surface area contributed by atoms with E-state index in [0.29, 0.717) is 17.4 Å². The van der Waals surface area contributed by atoms with Crippen molar-refractivity contribution < 1.29 is 14.3 Å². The highest BCUT2D eigenvalue weighted by molar-refractivity contribution is 6.24. The summed E-state index contributed by atoms with van der Waals surface area (Å²) in [6, 6.07) is 15.6. The van der Waals surface area contributed by atoms with E-state index in [1.54, 1.807) is 7.11 Å². The van der Waals surface area contributed by atoms with Crippen molar-refractivity contribution in [2.24, 2.45) is 11.8 Å². The van der Waals surface area contributed by atoms with Crippen molar-refractivity contribution in [1.29, 1.82) is 0 Å². The number of aromatic nitrogens is 1. The van der Waals surface area contributed by atoms with E-state index in [4.69, 9.17) is 4.74 Å². The van der Waals surface area contributed by atoms with Crippen molar-refractivity contribution in [2.45, 2.75) is 50.4 Å². The molecule has 5 nitrogen and oxygen atoms in total. The number of H-pyrrole nitrogens is 1. The van der Waals surface area contributed by atoms with E-state index in [1.807, 2.05) is 30.3 Å². The number of ether oxygens (including phenoxy) is 1. The zero-order chi connectivity index (χ0) is 21.8. The van der Waals surface area contributed by atoms with Gasteiger partial charge in [0.25, 0.3) is 0 Å². The number of rotatable bonds is 2. The number of para-hydroxylation sites is 1. The fourth-order valence-electron chi connectivity index (χ4n) is 6.54. The van der Waals surface area contributed by atoms with Crippen LogP contribution in [0, 0.1) is 11.8 Å². The monoisotopic (exact) mass is 428 g/mol. The van der Waals surface area contributed by atoms with Gasteiger partial charge in [0.05, 0.1) is 24.6 Å². The van der Waals surface area contributed by atoms with Gasteiger partial charge in [-0.1, -0.05) is 43.9 Å². The van der Waals surface area contributed by atoms with Crippen LogP contribution in [-0.4, -0.2) is 23.9 Å². The summed E-state index contributed by atoms with van der Waals surface area (Å²) in [5.74, 6) is 0.412. The molecule has 0 bridgehead atoms. The first kappa shape index (κ1) is 19.6. The molecule has 164 valence electrons. The number of carbonyl (C=O) groups is 2. The van der Waals surface area contributed by atoms with Crippen LogP contribution in [0.3, 0.4) is 0 Å². The topological polar surface area (TPSA) is 62.4 Å². The first-order valence-corrected chi connectivity index (χ1v) is 11.8. The van der Waals surface area contributed by atoms with E-state index < -0.39 is 5.92 Å². The molecule has 2 amide bonds. The summed E-state index contributed by atoms with van der Waals surface area (Å²) in [5.41, 5.74) is 3.98. The molecule has 2 aromatic carbocycles. The summed E-state index contributed by atoms with van der Waals surface area (Å²) in [4.78, 5) is 32.7. The third-order valence-electron chi connectivity index (χ3n) is 7.92. The Labute approximate surface area is 187 Å². The van der Waals surface area contributed by atoms with Crippen LogP contribution in [0.5, 0.6) is 5.75 Å². The zero-order valence-corrected chi connectivity index (χ0v) is 18.3. The number of hydrogen-bond donors (Lipinski definition) is 1. The Balaban J connectivity index is 1.52. The summed E-state index contributed by atoms with van der Waals surface area (Å²) >= 11 is 0. The summed E-state index contributed by atoms with van der Waals surface area (Å²) < 4.78 is 5.26. The first-order chi connectivity index (χ1) is 15.7. The highest BCUT2D eigenvalue weighted by atomic mass is 16.5. The Kier molecular flexibility index (Phi) is 4.60. The molecule has 2 fully saturated rings. The lowest BCUT2D eigenvalue weighted by molar-refractivity contribution is -0.123. The summed E-state index contributed by atoms with van der Waals surface area (Å²) in [5, 5.41) is 1.22. The Morgan fingerprint density at radius 1 is 0.906 bits per heavy atom. The van der Waals surface area contributed by atoms with Crippen LogP contribution in [-0.2, 0) is 9.59 Å². The van der Waals surface area contributed by atoms with Crippen molar-refractivity contribution in [3.8, 4) is 5.75 Å². The Morgan fingerprint density at radius 3 is 2.44 bits per heavy atom. The smallest absolute Gasteiger partial charge is 0.243 e. The van der Waals surface area contributed by atoms with Gasteiger partial charge in [0.2, 0.25) is 11.8 Å². The molecule has 5 heteroatoms. The number of nitrogens with zero attached hydrogens (tertiary/aromatic N) is 1. The molecule has 2 aliphatic carbocycles. The summed E-state index contributed by atoms with van der Waals surface area (Å²) in [7, 11) is 1.61. The number of benzene rings is 2. The minimum absolute atomic E-state index is 0.0370. The van der Waals surface area contributed by atoms with Gasteiger partial charge in [0, 0.05) is 16.6 Å². The number of amides is 2. The lowest BCUT2D eigenvalue weighted by Crippen LogP contribution is -2.36. The summed E-state index contributed by atoms with van der Waals surface area (Å²) in [6.45, 7) is 0. The fraction of sp³-hybridized carbons (Fsp3) is 0.407. The number of nitrogens with one attached hydrogen (secondary N) is 1. The van der Waals surface area contributed by atoms with Gasteiger partial charge in [0.15, 0.2) is 0 Å². The van der Waals surface area contributed by atoms with E-state index in [1.165, 1.54) is 35.1 Å². The van der Waals surface area contributed by atoms with E-state index in [0.717, 1.165) is 30.5 Å². The highest BCUT2D eigenvalue weighted by Crippen LogP contribution is 2.56. The first-order valence-electron chi connectivity index (χ1n) is 11.8. The number of imide groups is 1. The maximum Gasteiger partial charge on any atom is 0.243 e. The van der Waals surface area contributed by atoms with E-state index >= 15 is 0 Å². The lowest BCUT2D eigenvalue weighted by Gasteiger charge is -2.39. The Hall–Kier alpha value is -3.08. The van der Waals surface area contributed by atoms with E-state index in [-0.39, 0.29) is 23.7 Å². The quantitative estimate of drug-likeness (QED) is 0.547. The molecule has 32 heavy (non-hydrogen) atoms. The zero-order valence-electron chi connectivity index (χ0n) is 18.3. The molecule has 1 saturated heterocycles. The van der Waals surface area contributed by atoms with Crippen molar-refractivity contribution >= 4 is 28.4 Å². The van der Waals surface area contributed by atoms with Gasteiger partial charge in [-0.05, 0) is 60.6 Å². The molecule has 0 radical (unpaired) electrons. The van der Waals surface area contributed by atoms with Gasteiger partial charge < -0.3 is 9.72 Å². The Morgan fingerprint density at radius 2 is 1.66 bits per heavy atom. The molecule has 1 aromatic heterocycles. The standard InChI is InChI=1S/C27H28N2O3/c1-32-17-14-12-16(13-15-17)29-26(30)23-19-9-5-3-2-4-8-18(19)22-20-10-6-7-11-21(20)28-25(22)24(23)27(29)31/h6-7,10-15,18-19,23-24,28H,2-5,8-9H2,1H3. The molecule has 4 atom stereocenters. The third kappa shape index (κ3) is 2.76. The molecule has 6 rings (SSSR count). The lowest BCUT2D eigenvalue weighted by atomic mass is 9.62. The van der Waals surface area contributed by atoms with E-state index in [2.05, 4.69) is 23.2 Å². The number of methoxy groups -OCH3 is 1. The molecule has 3 aliphatic rings. The molecular formula is C27H28N2O3. The molecule has 1 N–H and O–H groups in total. The van der Waals surface area contributed by atoms with Gasteiger partial charge in [-0.25, -0.2) is 4.90 Å². The van der Waals surface area contributed by atoms with Gasteiger partial charge in [-0.15, -0.1) is 0 Å². The Bertz CT molecular complexity index is 1200. The second-order valence-electron chi connectivity index (χ2n) is 9.47. The van der Waals surface area contributed by atoms with Crippen LogP contribution in [0.1, 0.15) is 61.6 Å². The van der Waals surface area contributed by atoms with Crippen LogP contribution in [0.4, 0.5) is 5.69 Å². The van der Waals surface area contributed by atoms with Gasteiger partial charge >= 0.3 is 0 Å². The van der Waals surface area contributed by atoms with Crippen molar-refractivity contribution in [1.82, 2.24) is 4.98 Å². The molecule has 3 aromatic rings. The maximum absolute atomic E-state index is 13.8. The predicted octanol–water partition coefficient (Wildman–Crippen LogP) is 5.52. The fourth-order valence-corrected chi connectivity index (χ4v) is 6.54. The van der Waals surface area contributed by atoms with Crippen LogP contribution in [0.25, 0.3) is 10.9 Å². The number of aromatic amines is 1. The maximum atomic E-state index is 13.8. The average molecular weight is 429 g/mol. The minimum atomic E-state index is -0.423. The molecule has 4 unspecified atom stereocenters. The largest absolute Gasteiger partial charge is 0.497 e. The molecule has 2 heterocycles. The second-order valence-corrected chi connectivity index (χ2v) is 9.47. The van der Waals surface area contributed by atoms with Crippen LogP contribution in [0.2, 0.25) is 0 Å². The van der Waals surface area contributed by atoms with Crippen molar-refractivity contribution in [3.05, 3.63) is 59.8 Å². The number of anilines is 1. The molecular weight excluding hydrogens is 400 g/mol. The van der Waals surface area contributed by atoms with Crippen LogP contribution < -0.4 is 9.64 Å². The van der Waals surface area contributed by atoms with Crippen molar-refractivity contribution in [2.75, 3.05) is 12.0 Å². The summed E-state index contributed by atoms with van der Waals surface area (Å²) in [6.07, 6.45) is 6.88. The molecule has 1 saturated carbocycles. The van der Waals surface area contributed by atoms with E-state index in [9.17, 15) is 9.59 Å². The number of hydrogen-bond acceptors (Lipinski definition) is 3. The van der Waals surface area contributed by atoms with Gasteiger partial charge in [-0.3, -0.25) is 9.59 Å². The average Bonchev–Trinajstić information content (AvgIpc) is 3.29.